The number of fused-ring (bicyclic) bond motifs is 1. The van der Waals surface area contributed by atoms with Crippen LogP contribution in [0.3, 0.4) is 0 Å². The van der Waals surface area contributed by atoms with Gasteiger partial charge in [-0.25, -0.2) is 4.99 Å². The van der Waals surface area contributed by atoms with E-state index in [1.54, 1.807) is 0 Å². The molecule has 1 aliphatic rings. The molecule has 3 rings (SSSR count). The Kier molecular flexibility index (Phi) is 6.91. The van der Waals surface area contributed by atoms with Gasteiger partial charge in [0.25, 0.3) is 0 Å². The Balaban J connectivity index is 0.00000208. The minimum absolute atomic E-state index is 0. The predicted octanol–water partition coefficient (Wildman–Crippen LogP) is 3.25. The van der Waals surface area contributed by atoms with Gasteiger partial charge in [-0.1, -0.05) is 25.1 Å². The molecule has 3 N–H and O–H groups in total. The Labute approximate surface area is 160 Å². The van der Waals surface area contributed by atoms with Gasteiger partial charge < -0.3 is 15.5 Å². The average Bonchev–Trinajstić information content (AvgIpc) is 3.15. The quantitative estimate of drug-likeness (QED) is 0.424. The van der Waals surface area contributed by atoms with E-state index in [2.05, 4.69) is 35.1 Å². The topological polar surface area (TPSA) is 66.8 Å². The highest BCUT2D eigenvalue weighted by molar-refractivity contribution is 14.0. The van der Waals surface area contributed by atoms with Crippen molar-refractivity contribution in [2.45, 2.75) is 39.3 Å². The number of benzene rings is 1. The van der Waals surface area contributed by atoms with E-state index >= 15 is 0 Å². The second-order valence-electron chi connectivity index (χ2n) is 6.15. The van der Waals surface area contributed by atoms with Crippen LogP contribution in [0.15, 0.2) is 33.7 Å². The van der Waals surface area contributed by atoms with Gasteiger partial charge in [-0.15, -0.1) is 24.0 Å². The molecule has 1 unspecified atom stereocenters. The summed E-state index contributed by atoms with van der Waals surface area (Å²) in [6.07, 6.45) is 2.51. The summed E-state index contributed by atoms with van der Waals surface area (Å²) in [6.45, 7) is 7.90. The summed E-state index contributed by atoms with van der Waals surface area (Å²) in [5, 5.41) is 4.40. The average molecular weight is 442 g/mol. The van der Waals surface area contributed by atoms with Crippen LogP contribution in [0.1, 0.15) is 31.1 Å². The van der Waals surface area contributed by atoms with Gasteiger partial charge in [-0.2, -0.15) is 0 Å². The largest absolute Gasteiger partial charge is 0.459 e. The Morgan fingerprint density at radius 1 is 1.42 bits per heavy atom. The molecule has 132 valence electrons. The molecule has 1 fully saturated rings. The molecule has 0 saturated carbocycles. The van der Waals surface area contributed by atoms with Crippen LogP contribution in [0, 0.1) is 6.92 Å². The fraction of sp³-hybridized carbons (Fsp3) is 0.500. The van der Waals surface area contributed by atoms with Crippen molar-refractivity contribution in [1.82, 2.24) is 10.2 Å². The van der Waals surface area contributed by atoms with E-state index in [1.807, 2.05) is 18.2 Å². The standard InChI is InChI=1S/C18H26N4O.HI/c1-3-22-10-6-7-14(22)11-20-18(19)21-12-17-13(2)15-8-4-5-9-16(15)23-17;/h4-5,8-9,14H,3,6-7,10-12H2,1-2H3,(H3,19,20,21);1H. The maximum atomic E-state index is 6.01. The lowest BCUT2D eigenvalue weighted by Crippen LogP contribution is -2.42. The van der Waals surface area contributed by atoms with Crippen LogP contribution in [0.25, 0.3) is 11.0 Å². The number of nitrogens with one attached hydrogen (secondary N) is 1. The molecule has 1 saturated heterocycles. The number of guanidine groups is 1. The normalized spacial score (nSPS) is 18.8. The van der Waals surface area contributed by atoms with Crippen molar-refractivity contribution in [3.8, 4) is 0 Å². The monoisotopic (exact) mass is 442 g/mol. The van der Waals surface area contributed by atoms with Crippen molar-refractivity contribution in [3.63, 3.8) is 0 Å². The number of aliphatic imine (C=N–C) groups is 1. The van der Waals surface area contributed by atoms with Crippen LogP contribution >= 0.6 is 24.0 Å². The van der Waals surface area contributed by atoms with E-state index in [0.29, 0.717) is 18.5 Å². The van der Waals surface area contributed by atoms with E-state index in [-0.39, 0.29) is 24.0 Å². The van der Waals surface area contributed by atoms with E-state index in [1.165, 1.54) is 19.4 Å². The van der Waals surface area contributed by atoms with E-state index < -0.39 is 0 Å². The molecule has 2 heterocycles. The maximum Gasteiger partial charge on any atom is 0.189 e. The van der Waals surface area contributed by atoms with Crippen LogP contribution < -0.4 is 11.1 Å². The van der Waals surface area contributed by atoms with Crippen LogP contribution in [-0.4, -0.2) is 36.5 Å². The first-order chi connectivity index (χ1) is 11.2. The molecule has 0 bridgehead atoms. The summed E-state index contributed by atoms with van der Waals surface area (Å²) >= 11 is 0. The third-order valence-electron chi connectivity index (χ3n) is 4.76. The fourth-order valence-electron chi connectivity index (χ4n) is 3.35. The summed E-state index contributed by atoms with van der Waals surface area (Å²) in [5.41, 5.74) is 8.06. The second kappa shape index (κ2) is 8.71. The molecule has 2 aromatic rings. The molecule has 24 heavy (non-hydrogen) atoms. The summed E-state index contributed by atoms with van der Waals surface area (Å²) in [6, 6.07) is 8.63. The first kappa shape index (κ1) is 19.1. The Hall–Kier alpha value is -1.28. The van der Waals surface area contributed by atoms with Gasteiger partial charge in [0, 0.05) is 23.5 Å². The summed E-state index contributed by atoms with van der Waals surface area (Å²) in [4.78, 5) is 6.92. The first-order valence-corrected chi connectivity index (χ1v) is 8.44. The highest BCUT2D eigenvalue weighted by atomic mass is 127. The molecule has 1 atom stereocenters. The lowest BCUT2D eigenvalue weighted by molar-refractivity contribution is 0.267. The summed E-state index contributed by atoms with van der Waals surface area (Å²) < 4.78 is 5.86. The third kappa shape index (κ3) is 4.22. The van der Waals surface area contributed by atoms with Crippen molar-refractivity contribution < 1.29 is 4.42 Å². The minimum atomic E-state index is 0. The predicted molar refractivity (Wildman–Crippen MR) is 110 cm³/mol. The lowest BCUT2D eigenvalue weighted by Gasteiger charge is -2.23. The Bertz CT molecular complexity index is 697. The number of furan rings is 1. The SMILES string of the molecule is CCN1CCCC1CNC(N)=NCc1oc2ccccc2c1C.I. The number of nitrogens with zero attached hydrogens (tertiary/aromatic N) is 2. The number of hydrogen-bond acceptors (Lipinski definition) is 3. The van der Waals surface area contributed by atoms with Crippen molar-refractivity contribution >= 4 is 40.9 Å². The molecule has 1 aromatic heterocycles. The maximum absolute atomic E-state index is 6.01. The number of para-hydroxylation sites is 1. The Morgan fingerprint density at radius 3 is 2.96 bits per heavy atom. The number of aryl methyl sites for hydroxylation is 1. The number of halogens is 1. The Morgan fingerprint density at radius 2 is 2.21 bits per heavy atom. The zero-order valence-electron chi connectivity index (χ0n) is 14.4. The van der Waals surface area contributed by atoms with E-state index in [9.17, 15) is 0 Å². The van der Waals surface area contributed by atoms with Crippen molar-refractivity contribution in [2.75, 3.05) is 19.6 Å². The summed E-state index contributed by atoms with van der Waals surface area (Å²) in [7, 11) is 0. The molecule has 0 aliphatic carbocycles. The first-order valence-electron chi connectivity index (χ1n) is 8.44. The van der Waals surface area contributed by atoms with E-state index in [0.717, 1.165) is 35.4 Å². The van der Waals surface area contributed by atoms with Crippen LogP contribution in [-0.2, 0) is 6.54 Å². The number of hydrogen-bond donors (Lipinski definition) is 2. The van der Waals surface area contributed by atoms with Gasteiger partial charge in [-0.05, 0) is 38.9 Å². The minimum Gasteiger partial charge on any atom is -0.459 e. The highest BCUT2D eigenvalue weighted by Crippen LogP contribution is 2.25. The van der Waals surface area contributed by atoms with Gasteiger partial charge in [-0.3, -0.25) is 4.90 Å². The van der Waals surface area contributed by atoms with E-state index in [4.69, 9.17) is 10.2 Å². The molecular weight excluding hydrogens is 415 g/mol. The zero-order chi connectivity index (χ0) is 16.2. The molecule has 0 radical (unpaired) electrons. The van der Waals surface area contributed by atoms with Gasteiger partial charge in [0.1, 0.15) is 17.9 Å². The molecular formula is C18H27IN4O. The molecule has 1 aliphatic heterocycles. The number of rotatable bonds is 5. The molecule has 0 spiro atoms. The number of nitrogens with two attached hydrogens (primary N) is 1. The molecule has 0 amide bonds. The molecule has 6 heteroatoms. The smallest absolute Gasteiger partial charge is 0.189 e. The lowest BCUT2D eigenvalue weighted by atomic mass is 10.1. The van der Waals surface area contributed by atoms with Crippen LogP contribution in [0.5, 0.6) is 0 Å². The fourth-order valence-corrected chi connectivity index (χ4v) is 3.35. The van der Waals surface area contributed by atoms with Gasteiger partial charge >= 0.3 is 0 Å². The number of likely N-dealkylation sites (N-methyl/N-ethyl adjacent to an activating group) is 1. The van der Waals surface area contributed by atoms with Gasteiger partial charge in [0.05, 0.1) is 0 Å². The van der Waals surface area contributed by atoms with Gasteiger partial charge in [0.15, 0.2) is 5.96 Å². The van der Waals surface area contributed by atoms with Crippen molar-refractivity contribution in [1.29, 1.82) is 0 Å². The second-order valence-corrected chi connectivity index (χ2v) is 6.15. The van der Waals surface area contributed by atoms with Crippen LogP contribution in [0.4, 0.5) is 0 Å². The third-order valence-corrected chi connectivity index (χ3v) is 4.76. The van der Waals surface area contributed by atoms with Crippen LogP contribution in [0.2, 0.25) is 0 Å². The van der Waals surface area contributed by atoms with Gasteiger partial charge in [0.2, 0.25) is 0 Å². The van der Waals surface area contributed by atoms with Crippen molar-refractivity contribution in [3.05, 3.63) is 35.6 Å². The molecule has 5 nitrogen and oxygen atoms in total. The molecule has 1 aromatic carbocycles. The zero-order valence-corrected chi connectivity index (χ0v) is 16.7. The van der Waals surface area contributed by atoms with Crippen molar-refractivity contribution in [2.24, 2.45) is 10.7 Å². The summed E-state index contributed by atoms with van der Waals surface area (Å²) in [5.74, 6) is 1.37. The highest BCUT2D eigenvalue weighted by Gasteiger charge is 2.22. The number of likely N-dealkylation sites (tertiary alicyclic amines) is 1.